The summed E-state index contributed by atoms with van der Waals surface area (Å²) < 4.78 is 33.3. The van der Waals surface area contributed by atoms with Crippen LogP contribution in [-0.2, 0) is 10.0 Å². The molecule has 1 aromatic heterocycles. The van der Waals surface area contributed by atoms with E-state index >= 15 is 0 Å². The summed E-state index contributed by atoms with van der Waals surface area (Å²) in [6, 6.07) is 5.60. The van der Waals surface area contributed by atoms with Crippen LogP contribution in [0.2, 0.25) is 0 Å². The molecule has 1 aliphatic heterocycles. The highest BCUT2D eigenvalue weighted by Crippen LogP contribution is 2.37. The zero-order valence-electron chi connectivity index (χ0n) is 11.8. The second-order valence-corrected chi connectivity index (χ2v) is 7.96. The first kappa shape index (κ1) is 14.8. The molecule has 0 spiro atoms. The number of benzene rings is 1. The van der Waals surface area contributed by atoms with Crippen LogP contribution in [-0.4, -0.2) is 39.0 Å². The molecule has 0 atom stereocenters. The SMILES string of the molecule is COc1cccc2c(S(=O)(=O)N3CCC(N)CC3)csc12. The first-order valence-corrected chi connectivity index (χ1v) is 9.16. The van der Waals surface area contributed by atoms with E-state index in [1.165, 1.54) is 15.6 Å². The van der Waals surface area contributed by atoms with Gasteiger partial charge in [-0.3, -0.25) is 0 Å². The maximum atomic E-state index is 12.8. The number of ether oxygens (including phenoxy) is 1. The van der Waals surface area contributed by atoms with Crippen molar-refractivity contribution >= 4 is 31.4 Å². The van der Waals surface area contributed by atoms with Crippen LogP contribution in [0, 0.1) is 0 Å². The molecule has 2 aromatic rings. The smallest absolute Gasteiger partial charge is 0.244 e. The molecule has 1 saturated heterocycles. The van der Waals surface area contributed by atoms with Gasteiger partial charge in [-0.05, 0) is 18.9 Å². The van der Waals surface area contributed by atoms with Crippen LogP contribution in [0.1, 0.15) is 12.8 Å². The molecular weight excluding hydrogens is 308 g/mol. The van der Waals surface area contributed by atoms with E-state index in [0.29, 0.717) is 36.6 Å². The maximum Gasteiger partial charge on any atom is 0.244 e. The molecule has 0 bridgehead atoms. The highest BCUT2D eigenvalue weighted by molar-refractivity contribution is 7.89. The summed E-state index contributed by atoms with van der Waals surface area (Å²) in [5.74, 6) is 0.708. The van der Waals surface area contributed by atoms with Crippen LogP contribution in [0.5, 0.6) is 5.75 Å². The topological polar surface area (TPSA) is 72.6 Å². The second kappa shape index (κ2) is 5.57. The van der Waals surface area contributed by atoms with E-state index in [1.54, 1.807) is 12.5 Å². The first-order valence-electron chi connectivity index (χ1n) is 6.84. The fourth-order valence-electron chi connectivity index (χ4n) is 2.62. The standard InChI is InChI=1S/C14H18N2O3S2/c1-19-12-4-2-3-11-13(9-20-14(11)12)21(17,18)16-7-5-10(15)6-8-16/h2-4,9-10H,5-8,15H2,1H3. The van der Waals surface area contributed by atoms with Gasteiger partial charge in [0.05, 0.1) is 11.8 Å². The summed E-state index contributed by atoms with van der Waals surface area (Å²) in [5.41, 5.74) is 5.85. The number of sulfonamides is 1. The van der Waals surface area contributed by atoms with E-state index in [-0.39, 0.29) is 6.04 Å². The minimum atomic E-state index is -3.46. The summed E-state index contributed by atoms with van der Waals surface area (Å²) in [5, 5.41) is 2.44. The first-order chi connectivity index (χ1) is 10.0. The van der Waals surface area contributed by atoms with Crippen molar-refractivity contribution in [2.24, 2.45) is 5.73 Å². The lowest BCUT2D eigenvalue weighted by molar-refractivity contribution is 0.320. The maximum absolute atomic E-state index is 12.8. The molecule has 0 radical (unpaired) electrons. The van der Waals surface area contributed by atoms with Gasteiger partial charge in [0.1, 0.15) is 10.6 Å². The van der Waals surface area contributed by atoms with Gasteiger partial charge in [0, 0.05) is 29.9 Å². The van der Waals surface area contributed by atoms with Crippen LogP contribution in [0.25, 0.3) is 10.1 Å². The van der Waals surface area contributed by atoms with Crippen molar-refractivity contribution < 1.29 is 13.2 Å². The number of fused-ring (bicyclic) bond motifs is 1. The highest BCUT2D eigenvalue weighted by atomic mass is 32.2. The summed E-state index contributed by atoms with van der Waals surface area (Å²) in [6.45, 7) is 0.982. The Kier molecular flexibility index (Phi) is 3.92. The Bertz CT molecular complexity index is 747. The molecule has 0 unspecified atom stereocenters. The molecule has 2 heterocycles. The number of nitrogens with zero attached hydrogens (tertiary/aromatic N) is 1. The zero-order chi connectivity index (χ0) is 15.0. The number of nitrogens with two attached hydrogens (primary N) is 1. The van der Waals surface area contributed by atoms with E-state index < -0.39 is 10.0 Å². The molecule has 5 nitrogen and oxygen atoms in total. The van der Waals surface area contributed by atoms with E-state index in [1.807, 2.05) is 18.2 Å². The van der Waals surface area contributed by atoms with Crippen molar-refractivity contribution in [2.45, 2.75) is 23.8 Å². The molecule has 114 valence electrons. The third-order valence-corrected chi connectivity index (χ3v) is 6.96. The fourth-order valence-corrected chi connectivity index (χ4v) is 5.66. The Morgan fingerprint density at radius 2 is 2.05 bits per heavy atom. The van der Waals surface area contributed by atoms with Crippen LogP contribution >= 0.6 is 11.3 Å². The predicted molar refractivity (Wildman–Crippen MR) is 84.3 cm³/mol. The molecular formula is C14H18N2O3S2. The highest BCUT2D eigenvalue weighted by Gasteiger charge is 2.30. The van der Waals surface area contributed by atoms with Gasteiger partial charge in [0.15, 0.2) is 0 Å². The van der Waals surface area contributed by atoms with E-state index in [4.69, 9.17) is 10.5 Å². The molecule has 1 fully saturated rings. The minimum Gasteiger partial charge on any atom is -0.495 e. The van der Waals surface area contributed by atoms with Crippen molar-refractivity contribution in [1.29, 1.82) is 0 Å². The molecule has 21 heavy (non-hydrogen) atoms. The van der Waals surface area contributed by atoms with Crippen LogP contribution in [0.3, 0.4) is 0 Å². The number of rotatable bonds is 3. The molecule has 1 aromatic carbocycles. The fraction of sp³-hybridized carbons (Fsp3) is 0.429. The van der Waals surface area contributed by atoms with Gasteiger partial charge in [0.2, 0.25) is 10.0 Å². The quantitative estimate of drug-likeness (QED) is 0.936. The van der Waals surface area contributed by atoms with E-state index in [2.05, 4.69) is 0 Å². The summed E-state index contributed by atoms with van der Waals surface area (Å²) in [4.78, 5) is 0.372. The normalized spacial score (nSPS) is 18.2. The lowest BCUT2D eigenvalue weighted by Crippen LogP contribution is -2.42. The van der Waals surface area contributed by atoms with Gasteiger partial charge < -0.3 is 10.5 Å². The molecule has 0 amide bonds. The monoisotopic (exact) mass is 326 g/mol. The Morgan fingerprint density at radius 3 is 2.71 bits per heavy atom. The molecule has 0 aliphatic carbocycles. The predicted octanol–water partition coefficient (Wildman–Crippen LogP) is 2.02. The Labute approximate surface area is 128 Å². The van der Waals surface area contributed by atoms with Gasteiger partial charge in [0.25, 0.3) is 0 Å². The number of methoxy groups -OCH3 is 1. The van der Waals surface area contributed by atoms with Crippen molar-refractivity contribution in [3.05, 3.63) is 23.6 Å². The van der Waals surface area contributed by atoms with E-state index in [0.717, 1.165) is 10.1 Å². The van der Waals surface area contributed by atoms with Crippen molar-refractivity contribution in [2.75, 3.05) is 20.2 Å². The van der Waals surface area contributed by atoms with Crippen molar-refractivity contribution in [1.82, 2.24) is 4.31 Å². The molecule has 1 aliphatic rings. The Hall–Kier alpha value is -1.15. The average molecular weight is 326 g/mol. The molecule has 2 N–H and O–H groups in total. The van der Waals surface area contributed by atoms with E-state index in [9.17, 15) is 8.42 Å². The van der Waals surface area contributed by atoms with Gasteiger partial charge in [-0.2, -0.15) is 4.31 Å². The third-order valence-electron chi connectivity index (χ3n) is 3.86. The summed E-state index contributed by atoms with van der Waals surface area (Å²) in [6.07, 6.45) is 1.43. The second-order valence-electron chi connectivity index (χ2n) is 5.18. The van der Waals surface area contributed by atoms with Crippen molar-refractivity contribution in [3.63, 3.8) is 0 Å². The molecule has 3 rings (SSSR count). The number of piperidine rings is 1. The Balaban J connectivity index is 2.03. The number of hydrogen-bond acceptors (Lipinski definition) is 5. The lowest BCUT2D eigenvalue weighted by atomic mass is 10.1. The Morgan fingerprint density at radius 1 is 1.33 bits per heavy atom. The van der Waals surface area contributed by atoms with Gasteiger partial charge in [-0.15, -0.1) is 11.3 Å². The van der Waals surface area contributed by atoms with Crippen LogP contribution in [0.15, 0.2) is 28.5 Å². The van der Waals surface area contributed by atoms with Gasteiger partial charge >= 0.3 is 0 Å². The van der Waals surface area contributed by atoms with Crippen molar-refractivity contribution in [3.8, 4) is 5.75 Å². The summed E-state index contributed by atoms with van der Waals surface area (Å²) in [7, 11) is -1.87. The molecule has 0 saturated carbocycles. The average Bonchev–Trinajstić information content (AvgIpc) is 2.92. The third kappa shape index (κ3) is 2.55. The van der Waals surface area contributed by atoms with Crippen LogP contribution < -0.4 is 10.5 Å². The van der Waals surface area contributed by atoms with Crippen LogP contribution in [0.4, 0.5) is 0 Å². The van der Waals surface area contributed by atoms with Gasteiger partial charge in [-0.25, -0.2) is 8.42 Å². The van der Waals surface area contributed by atoms with Gasteiger partial charge in [-0.1, -0.05) is 12.1 Å². The largest absolute Gasteiger partial charge is 0.495 e. The lowest BCUT2D eigenvalue weighted by Gasteiger charge is -2.29. The summed E-state index contributed by atoms with van der Waals surface area (Å²) >= 11 is 1.40. The zero-order valence-corrected chi connectivity index (χ0v) is 13.4. The molecule has 7 heteroatoms. The number of hydrogen-bond donors (Lipinski definition) is 1. The number of thiophene rings is 1. The minimum absolute atomic E-state index is 0.107.